The minimum atomic E-state index is -0.578. The monoisotopic (exact) mass is 324 g/mol. The van der Waals surface area contributed by atoms with Gasteiger partial charge in [-0.3, -0.25) is 9.78 Å². The van der Waals surface area contributed by atoms with Crippen molar-refractivity contribution in [3.63, 3.8) is 0 Å². The minimum absolute atomic E-state index is 0.127. The molecule has 3 rings (SSSR count). The first-order valence-electron chi connectivity index (χ1n) is 8.02. The van der Waals surface area contributed by atoms with E-state index in [-0.39, 0.29) is 11.9 Å². The summed E-state index contributed by atoms with van der Waals surface area (Å²) in [5.41, 5.74) is 0.878. The smallest absolute Gasteiger partial charge is 0.328 e. The molecular weight excluding hydrogens is 304 g/mol. The number of benzene rings is 1. The molecule has 1 atom stereocenters. The summed E-state index contributed by atoms with van der Waals surface area (Å²) in [6.45, 7) is 1.70. The third kappa shape index (κ3) is 3.30. The average molecular weight is 324 g/mol. The van der Waals surface area contributed by atoms with Gasteiger partial charge in [0.05, 0.1) is 7.11 Å². The fourth-order valence-corrected chi connectivity index (χ4v) is 2.84. The summed E-state index contributed by atoms with van der Waals surface area (Å²) in [4.78, 5) is 30.2. The van der Waals surface area contributed by atoms with Gasteiger partial charge >= 0.3 is 5.97 Å². The second-order valence-corrected chi connectivity index (χ2v) is 5.96. The van der Waals surface area contributed by atoms with Crippen LogP contribution >= 0.6 is 0 Å². The Bertz CT molecular complexity index is 791. The molecule has 1 aliphatic rings. The van der Waals surface area contributed by atoms with Crippen molar-refractivity contribution in [1.29, 1.82) is 0 Å². The third-order valence-corrected chi connectivity index (χ3v) is 4.26. The molecule has 1 heterocycles. The normalized spacial score (nSPS) is 15.4. The number of hydrogen-bond donors (Lipinski definition) is 0. The summed E-state index contributed by atoms with van der Waals surface area (Å²) >= 11 is 0. The number of hydrogen-bond acceptors (Lipinski definition) is 4. The van der Waals surface area contributed by atoms with E-state index in [1.807, 2.05) is 24.3 Å². The fraction of sp³-hybridized carbons (Fsp3) is 0.316. The van der Waals surface area contributed by atoms with Gasteiger partial charge < -0.3 is 9.64 Å². The van der Waals surface area contributed by atoms with E-state index in [0.717, 1.165) is 29.2 Å². The van der Waals surface area contributed by atoms with Gasteiger partial charge in [0.2, 0.25) is 5.91 Å². The highest BCUT2D eigenvalue weighted by Crippen LogP contribution is 2.29. The van der Waals surface area contributed by atoms with Crippen molar-refractivity contribution < 1.29 is 14.3 Å². The van der Waals surface area contributed by atoms with Crippen LogP contribution in [0.2, 0.25) is 0 Å². The second-order valence-electron chi connectivity index (χ2n) is 5.96. The molecule has 0 bridgehead atoms. The molecule has 2 aromatic rings. The van der Waals surface area contributed by atoms with Crippen LogP contribution in [0.4, 0.5) is 0 Å². The molecule has 1 aromatic carbocycles. The van der Waals surface area contributed by atoms with Gasteiger partial charge in [0.25, 0.3) is 0 Å². The van der Waals surface area contributed by atoms with Gasteiger partial charge in [0, 0.05) is 35.5 Å². The van der Waals surface area contributed by atoms with Crippen LogP contribution in [0.15, 0.2) is 42.7 Å². The highest BCUT2D eigenvalue weighted by atomic mass is 16.5. The van der Waals surface area contributed by atoms with Gasteiger partial charge in [-0.1, -0.05) is 24.3 Å². The van der Waals surface area contributed by atoms with Crippen LogP contribution < -0.4 is 0 Å². The van der Waals surface area contributed by atoms with Gasteiger partial charge in [0.1, 0.15) is 6.04 Å². The standard InChI is InChI=1S/C19H20N2O3/c1-13(19(23)24-2)21(16-8-9-16)18(22)10-7-15-12-20-11-14-5-3-4-6-17(14)15/h3-7,10-13,16H,8-9H2,1-2H3/b10-7+. The van der Waals surface area contributed by atoms with Gasteiger partial charge in [-0.2, -0.15) is 0 Å². The van der Waals surface area contributed by atoms with Gasteiger partial charge in [-0.05, 0) is 31.2 Å². The summed E-state index contributed by atoms with van der Waals surface area (Å²) in [6, 6.07) is 7.44. The molecule has 1 aliphatic carbocycles. The molecule has 1 amide bonds. The Balaban J connectivity index is 1.84. The molecule has 1 fully saturated rings. The number of carbonyl (C=O) groups excluding carboxylic acids is 2. The third-order valence-electron chi connectivity index (χ3n) is 4.26. The lowest BCUT2D eigenvalue weighted by Crippen LogP contribution is -2.44. The van der Waals surface area contributed by atoms with Crippen LogP contribution in [0.5, 0.6) is 0 Å². The Labute approximate surface area is 140 Å². The molecule has 24 heavy (non-hydrogen) atoms. The van der Waals surface area contributed by atoms with E-state index >= 15 is 0 Å². The summed E-state index contributed by atoms with van der Waals surface area (Å²) < 4.78 is 4.77. The lowest BCUT2D eigenvalue weighted by Gasteiger charge is -2.26. The number of rotatable bonds is 5. The number of ether oxygens (including phenoxy) is 1. The number of fused-ring (bicyclic) bond motifs is 1. The zero-order valence-electron chi connectivity index (χ0n) is 13.8. The molecular formula is C19H20N2O3. The first-order chi connectivity index (χ1) is 11.6. The van der Waals surface area contributed by atoms with E-state index in [9.17, 15) is 9.59 Å². The number of nitrogens with zero attached hydrogens (tertiary/aromatic N) is 2. The van der Waals surface area contributed by atoms with Crippen molar-refractivity contribution in [3.8, 4) is 0 Å². The van der Waals surface area contributed by atoms with Crippen LogP contribution in [0.25, 0.3) is 16.8 Å². The molecule has 1 saturated carbocycles. The first kappa shape index (κ1) is 16.2. The SMILES string of the molecule is COC(=O)C(C)N(C(=O)/C=C/c1cncc2ccccc12)C1CC1. The highest BCUT2D eigenvalue weighted by Gasteiger charge is 2.37. The zero-order valence-corrected chi connectivity index (χ0v) is 13.8. The number of pyridine rings is 1. The molecule has 0 radical (unpaired) electrons. The Morgan fingerprint density at radius 1 is 1.29 bits per heavy atom. The molecule has 5 heteroatoms. The molecule has 5 nitrogen and oxygen atoms in total. The molecule has 0 spiro atoms. The Hall–Kier alpha value is -2.69. The zero-order chi connectivity index (χ0) is 17.1. The lowest BCUT2D eigenvalue weighted by molar-refractivity contribution is -0.151. The molecule has 124 valence electrons. The van der Waals surface area contributed by atoms with E-state index in [4.69, 9.17) is 4.74 Å². The van der Waals surface area contributed by atoms with E-state index in [0.29, 0.717) is 0 Å². The van der Waals surface area contributed by atoms with Gasteiger partial charge in [-0.25, -0.2) is 4.79 Å². The molecule has 0 saturated heterocycles. The van der Waals surface area contributed by atoms with Crippen molar-refractivity contribution in [1.82, 2.24) is 9.88 Å². The van der Waals surface area contributed by atoms with Crippen LogP contribution in [0.1, 0.15) is 25.3 Å². The summed E-state index contributed by atoms with van der Waals surface area (Å²) in [5.74, 6) is -0.571. The van der Waals surface area contributed by atoms with Crippen LogP contribution in [0, 0.1) is 0 Å². The molecule has 1 unspecified atom stereocenters. The van der Waals surface area contributed by atoms with Crippen LogP contribution in [-0.2, 0) is 14.3 Å². The fourth-order valence-electron chi connectivity index (χ4n) is 2.84. The first-order valence-corrected chi connectivity index (χ1v) is 8.02. The number of carbonyl (C=O) groups is 2. The van der Waals surface area contributed by atoms with E-state index in [1.165, 1.54) is 13.2 Å². The average Bonchev–Trinajstić information content (AvgIpc) is 3.44. The summed E-state index contributed by atoms with van der Waals surface area (Å²) in [5, 5.41) is 2.06. The van der Waals surface area contributed by atoms with Gasteiger partial charge in [-0.15, -0.1) is 0 Å². The Morgan fingerprint density at radius 2 is 2.04 bits per heavy atom. The Morgan fingerprint density at radius 3 is 2.75 bits per heavy atom. The van der Waals surface area contributed by atoms with Crippen LogP contribution in [-0.4, -0.2) is 41.0 Å². The molecule has 0 aliphatic heterocycles. The number of amides is 1. The predicted molar refractivity (Wildman–Crippen MR) is 92.1 cm³/mol. The van der Waals surface area contributed by atoms with Crippen molar-refractivity contribution in [2.75, 3.05) is 7.11 Å². The number of methoxy groups -OCH3 is 1. The topological polar surface area (TPSA) is 59.5 Å². The van der Waals surface area contributed by atoms with Crippen molar-refractivity contribution in [2.24, 2.45) is 0 Å². The predicted octanol–water partition coefficient (Wildman–Crippen LogP) is 2.80. The van der Waals surface area contributed by atoms with E-state index in [2.05, 4.69) is 4.98 Å². The maximum Gasteiger partial charge on any atom is 0.328 e. The van der Waals surface area contributed by atoms with Crippen molar-refractivity contribution in [3.05, 3.63) is 48.3 Å². The summed E-state index contributed by atoms with van der Waals surface area (Å²) in [6.07, 6.45) is 8.66. The molecule has 0 N–H and O–H groups in total. The Kier molecular flexibility index (Phi) is 4.60. The van der Waals surface area contributed by atoms with E-state index < -0.39 is 12.0 Å². The van der Waals surface area contributed by atoms with Crippen molar-refractivity contribution in [2.45, 2.75) is 31.8 Å². The maximum absolute atomic E-state index is 12.6. The van der Waals surface area contributed by atoms with Crippen molar-refractivity contribution >= 4 is 28.7 Å². The molecule has 1 aromatic heterocycles. The number of aromatic nitrogens is 1. The van der Waals surface area contributed by atoms with E-state index in [1.54, 1.807) is 30.3 Å². The second kappa shape index (κ2) is 6.83. The maximum atomic E-state index is 12.6. The van der Waals surface area contributed by atoms with Gasteiger partial charge in [0.15, 0.2) is 0 Å². The quantitative estimate of drug-likeness (QED) is 0.627. The summed E-state index contributed by atoms with van der Waals surface area (Å²) in [7, 11) is 1.34. The largest absolute Gasteiger partial charge is 0.467 e. The number of esters is 1. The lowest BCUT2D eigenvalue weighted by atomic mass is 10.1. The van der Waals surface area contributed by atoms with Crippen LogP contribution in [0.3, 0.4) is 0 Å². The minimum Gasteiger partial charge on any atom is -0.467 e. The highest BCUT2D eigenvalue weighted by molar-refractivity contribution is 5.98.